The number of aromatic nitrogens is 2. The lowest BCUT2D eigenvalue weighted by Gasteiger charge is -2.35. The van der Waals surface area contributed by atoms with E-state index >= 15 is 0 Å². The number of alkyl halides is 1. The molecule has 1 saturated heterocycles. The lowest BCUT2D eigenvalue weighted by molar-refractivity contribution is 0.150. The third-order valence-electron chi connectivity index (χ3n) is 6.23. The topological polar surface area (TPSA) is 65.7 Å². The molecule has 33 heavy (non-hydrogen) atoms. The molecule has 0 saturated carbocycles. The minimum Gasteiger partial charge on any atom is -0.332 e. The van der Waals surface area contributed by atoms with Gasteiger partial charge in [-0.1, -0.05) is 23.7 Å². The Morgan fingerprint density at radius 1 is 1.36 bits per heavy atom. The Balaban J connectivity index is 1.68. The maximum atomic E-state index is 14.0. The molecule has 174 valence electrons. The average molecular weight is 492 g/mol. The average Bonchev–Trinajstić information content (AvgIpc) is 3.53. The van der Waals surface area contributed by atoms with Crippen LogP contribution in [0, 0.1) is 11.7 Å². The fraction of sp³-hybridized carbons (Fsp3) is 0.391. The number of rotatable bonds is 6. The minimum atomic E-state index is -1.27. The van der Waals surface area contributed by atoms with E-state index < -0.39 is 18.2 Å². The highest BCUT2D eigenvalue weighted by molar-refractivity contribution is 8.03. The van der Waals surface area contributed by atoms with Gasteiger partial charge in [-0.05, 0) is 49.3 Å². The zero-order chi connectivity index (χ0) is 23.1. The van der Waals surface area contributed by atoms with Crippen LogP contribution in [-0.4, -0.2) is 44.1 Å². The number of hydrogen-bond acceptors (Lipinski definition) is 6. The second-order valence-electron chi connectivity index (χ2n) is 8.45. The summed E-state index contributed by atoms with van der Waals surface area (Å²) in [5, 5.41) is 16.4. The molecule has 2 unspecified atom stereocenters. The third-order valence-corrected chi connectivity index (χ3v) is 7.64. The van der Waals surface area contributed by atoms with Crippen LogP contribution in [0.4, 0.5) is 8.78 Å². The molecule has 5 rings (SSSR count). The highest BCUT2D eigenvalue weighted by Crippen LogP contribution is 2.48. The molecular formula is C23H24ClF2N5OS. The monoisotopic (exact) mass is 491 g/mol. The Kier molecular flexibility index (Phi) is 6.30. The first-order valence-corrected chi connectivity index (χ1v) is 12.2. The number of amidine groups is 1. The molecule has 6 nitrogen and oxygen atoms in total. The van der Waals surface area contributed by atoms with E-state index in [0.717, 1.165) is 23.5 Å². The molecule has 0 spiro atoms. The van der Waals surface area contributed by atoms with E-state index in [0.29, 0.717) is 30.8 Å². The van der Waals surface area contributed by atoms with Gasteiger partial charge in [-0.3, -0.25) is 4.99 Å². The van der Waals surface area contributed by atoms with Crippen LogP contribution in [0.3, 0.4) is 0 Å². The van der Waals surface area contributed by atoms with Gasteiger partial charge >= 0.3 is 0 Å². The molecule has 4 heterocycles. The van der Waals surface area contributed by atoms with Crippen molar-refractivity contribution in [3.63, 3.8) is 0 Å². The molecule has 1 aromatic carbocycles. The second kappa shape index (κ2) is 9.21. The Bertz CT molecular complexity index is 1140. The molecule has 1 aromatic heterocycles. The zero-order valence-electron chi connectivity index (χ0n) is 18.0. The first kappa shape index (κ1) is 22.6. The largest absolute Gasteiger partial charge is 0.332 e. The molecule has 1 fully saturated rings. The summed E-state index contributed by atoms with van der Waals surface area (Å²) in [7, 11) is 0. The Morgan fingerprint density at radius 3 is 2.88 bits per heavy atom. The molecule has 0 amide bonds. The van der Waals surface area contributed by atoms with E-state index in [-0.39, 0.29) is 16.2 Å². The van der Waals surface area contributed by atoms with Crippen molar-refractivity contribution < 1.29 is 14.0 Å². The number of nitrogens with one attached hydrogen (secondary N) is 1. The van der Waals surface area contributed by atoms with Gasteiger partial charge in [0.05, 0.1) is 10.9 Å². The van der Waals surface area contributed by atoms with Crippen LogP contribution in [0.5, 0.6) is 0 Å². The van der Waals surface area contributed by atoms with Gasteiger partial charge in [-0.2, -0.15) is 5.10 Å². The van der Waals surface area contributed by atoms with Crippen molar-refractivity contribution in [1.29, 1.82) is 0 Å². The van der Waals surface area contributed by atoms with Crippen LogP contribution < -0.4 is 5.48 Å². The smallest absolute Gasteiger partial charge is 0.188 e. The van der Waals surface area contributed by atoms with Gasteiger partial charge in [0.25, 0.3) is 0 Å². The summed E-state index contributed by atoms with van der Waals surface area (Å²) in [5.41, 5.74) is 5.46. The Morgan fingerprint density at radius 2 is 2.21 bits per heavy atom. The molecule has 0 aliphatic carbocycles. The minimum absolute atomic E-state index is 0.160. The number of thioether (sulfide) groups is 1. The summed E-state index contributed by atoms with van der Waals surface area (Å²) < 4.78 is 29.1. The van der Waals surface area contributed by atoms with Crippen LogP contribution in [-0.2, 0) is 0 Å². The van der Waals surface area contributed by atoms with Gasteiger partial charge in [0.2, 0.25) is 0 Å². The van der Waals surface area contributed by atoms with Crippen molar-refractivity contribution >= 4 is 34.8 Å². The van der Waals surface area contributed by atoms with Crippen molar-refractivity contribution in [1.82, 2.24) is 20.2 Å². The molecule has 3 aliphatic rings. The number of aliphatic imine (C=N–C) groups is 1. The van der Waals surface area contributed by atoms with Crippen LogP contribution in [0.2, 0.25) is 5.02 Å². The summed E-state index contributed by atoms with van der Waals surface area (Å²) >= 11 is 8.23. The summed E-state index contributed by atoms with van der Waals surface area (Å²) in [6.45, 7) is 2.57. The molecule has 4 atom stereocenters. The molecule has 0 radical (unpaired) electrons. The van der Waals surface area contributed by atoms with E-state index in [9.17, 15) is 14.0 Å². The SMILES string of the molecule is CC(F)n1ccc(C2=C3C[C@H](CNO)CN3C(C3CC=CS3)=N[C@H]2c2ccc(F)cc2Cl)n1. The van der Waals surface area contributed by atoms with Gasteiger partial charge in [0, 0.05) is 41.1 Å². The van der Waals surface area contributed by atoms with Crippen LogP contribution in [0.15, 0.2) is 52.6 Å². The number of benzene rings is 1. The first-order chi connectivity index (χ1) is 16.0. The van der Waals surface area contributed by atoms with Crippen molar-refractivity contribution in [2.75, 3.05) is 13.1 Å². The van der Waals surface area contributed by atoms with E-state index in [1.54, 1.807) is 30.1 Å². The van der Waals surface area contributed by atoms with Gasteiger partial charge in [0.15, 0.2) is 6.30 Å². The highest BCUT2D eigenvalue weighted by Gasteiger charge is 2.42. The third kappa shape index (κ3) is 4.23. The zero-order valence-corrected chi connectivity index (χ0v) is 19.5. The van der Waals surface area contributed by atoms with Crippen molar-refractivity contribution in [3.8, 4) is 0 Å². The fourth-order valence-electron chi connectivity index (χ4n) is 4.72. The molecule has 0 bridgehead atoms. The van der Waals surface area contributed by atoms with Crippen LogP contribution in [0.25, 0.3) is 5.57 Å². The summed E-state index contributed by atoms with van der Waals surface area (Å²) in [6, 6.07) is 5.62. The summed E-state index contributed by atoms with van der Waals surface area (Å²) in [4.78, 5) is 7.38. The van der Waals surface area contributed by atoms with Gasteiger partial charge in [0.1, 0.15) is 17.7 Å². The van der Waals surface area contributed by atoms with E-state index in [1.807, 2.05) is 0 Å². The number of hydroxylamine groups is 1. The highest BCUT2D eigenvalue weighted by atomic mass is 35.5. The summed E-state index contributed by atoms with van der Waals surface area (Å²) in [6.07, 6.45) is 4.03. The summed E-state index contributed by atoms with van der Waals surface area (Å²) in [5.74, 6) is 0.683. The van der Waals surface area contributed by atoms with E-state index in [2.05, 4.69) is 27.0 Å². The number of allylic oxidation sites excluding steroid dienone is 2. The number of hydrogen-bond donors (Lipinski definition) is 2. The molecule has 2 N–H and O–H groups in total. The van der Waals surface area contributed by atoms with Crippen molar-refractivity contribution in [3.05, 3.63) is 69.7 Å². The van der Waals surface area contributed by atoms with E-state index in [4.69, 9.17) is 16.6 Å². The maximum Gasteiger partial charge on any atom is 0.188 e. The second-order valence-corrected chi connectivity index (χ2v) is 9.97. The Labute approximate surface area is 200 Å². The lowest BCUT2D eigenvalue weighted by atomic mass is 9.91. The standard InChI is InChI=1S/C23H24ClF2N5OS/c1-13(25)31-7-6-18(29-31)21-19-9-14(11-27-32)12-30(19)23(20-3-2-8-33-20)28-22(21)16-5-4-15(26)10-17(16)24/h2,4-8,10,13-14,20,22,27,32H,3,9,11-12H2,1H3/t13?,14-,20?,22+/m1/s1. The van der Waals surface area contributed by atoms with Gasteiger partial charge in [-0.15, -0.1) is 11.8 Å². The molecule has 10 heteroatoms. The van der Waals surface area contributed by atoms with Crippen LogP contribution in [0.1, 0.15) is 43.4 Å². The van der Waals surface area contributed by atoms with Gasteiger partial charge < -0.3 is 10.1 Å². The van der Waals surface area contributed by atoms with E-state index in [1.165, 1.54) is 23.7 Å². The van der Waals surface area contributed by atoms with Crippen LogP contribution >= 0.6 is 23.4 Å². The predicted octanol–water partition coefficient (Wildman–Crippen LogP) is 5.35. The van der Waals surface area contributed by atoms with Crippen molar-refractivity contribution in [2.24, 2.45) is 10.9 Å². The maximum absolute atomic E-state index is 14.0. The first-order valence-electron chi connectivity index (χ1n) is 10.9. The molecule has 2 aromatic rings. The number of nitrogens with zero attached hydrogens (tertiary/aromatic N) is 4. The quantitative estimate of drug-likeness (QED) is 0.533. The Hall–Kier alpha value is -2.20. The fourth-order valence-corrected chi connectivity index (χ4v) is 5.93. The molecular weight excluding hydrogens is 468 g/mol. The normalized spacial score (nSPS) is 25.5. The number of halogens is 3. The van der Waals surface area contributed by atoms with Gasteiger partial charge in [-0.25, -0.2) is 18.9 Å². The lowest BCUT2D eigenvalue weighted by Crippen LogP contribution is -2.39. The number of fused-ring (bicyclic) bond motifs is 1. The molecule has 3 aliphatic heterocycles. The van der Waals surface area contributed by atoms with Crippen molar-refractivity contribution in [2.45, 2.75) is 37.4 Å². The predicted molar refractivity (Wildman–Crippen MR) is 126 cm³/mol.